The maximum Gasteiger partial charge on any atom is 0.268 e. The quantitative estimate of drug-likeness (QED) is 0.391. The maximum absolute atomic E-state index is 12.5. The molecule has 0 atom stereocenters. The summed E-state index contributed by atoms with van der Waals surface area (Å²) in [4.78, 5) is 19.5. The van der Waals surface area contributed by atoms with Gasteiger partial charge in [0.05, 0.1) is 11.1 Å². The van der Waals surface area contributed by atoms with Gasteiger partial charge in [0, 0.05) is 44.7 Å². The van der Waals surface area contributed by atoms with Gasteiger partial charge in [-0.05, 0) is 57.7 Å². The second-order valence-electron chi connectivity index (χ2n) is 8.61. The standard InChI is InChI=1S/C22H31N5O2.C2H6.H2/c1-15-3-4-19-16(13-15)14-18(21(28)26-23)20(24-19)27-9-7-22(2,8-10-27)25-17-5-11-29-12-6-17;1-2;/h3-4,13-14,17,25H,5-12,23H2,1-2H3,(H,26,28);1-2H3;1H. The molecular formula is C24H39N5O2. The van der Waals surface area contributed by atoms with Crippen molar-refractivity contribution in [1.82, 2.24) is 15.7 Å². The third kappa shape index (κ3) is 5.53. The molecule has 2 aromatic rings. The monoisotopic (exact) mass is 429 g/mol. The number of carbonyl (C=O) groups excluding carboxylic acids is 1. The minimum Gasteiger partial charge on any atom is -0.381 e. The number of piperidine rings is 1. The summed E-state index contributed by atoms with van der Waals surface area (Å²) < 4.78 is 5.48. The molecule has 172 valence electrons. The van der Waals surface area contributed by atoms with Crippen molar-refractivity contribution in [1.29, 1.82) is 0 Å². The highest BCUT2D eigenvalue weighted by Crippen LogP contribution is 2.30. The Morgan fingerprint density at radius 3 is 2.55 bits per heavy atom. The van der Waals surface area contributed by atoms with Crippen LogP contribution in [0.3, 0.4) is 0 Å². The van der Waals surface area contributed by atoms with Gasteiger partial charge in [0.1, 0.15) is 5.82 Å². The Morgan fingerprint density at radius 1 is 1.23 bits per heavy atom. The van der Waals surface area contributed by atoms with Gasteiger partial charge in [-0.15, -0.1) is 0 Å². The third-order valence-electron chi connectivity index (χ3n) is 6.27. The Labute approximate surface area is 187 Å². The molecule has 2 aliphatic heterocycles. The predicted molar refractivity (Wildman–Crippen MR) is 128 cm³/mol. The number of rotatable bonds is 4. The number of nitrogens with zero attached hydrogens (tertiary/aromatic N) is 2. The molecule has 7 heteroatoms. The van der Waals surface area contributed by atoms with Gasteiger partial charge in [-0.3, -0.25) is 10.2 Å². The number of aryl methyl sites for hydroxylation is 1. The van der Waals surface area contributed by atoms with Crippen LogP contribution in [-0.4, -0.2) is 48.8 Å². The van der Waals surface area contributed by atoms with Crippen molar-refractivity contribution in [3.05, 3.63) is 35.4 Å². The average molecular weight is 430 g/mol. The predicted octanol–water partition coefficient (Wildman–Crippen LogP) is 3.55. The number of carbonyl (C=O) groups is 1. The van der Waals surface area contributed by atoms with Crippen LogP contribution in [0.1, 0.15) is 63.8 Å². The lowest BCUT2D eigenvalue weighted by Gasteiger charge is -2.43. The zero-order valence-electron chi connectivity index (χ0n) is 19.3. The molecule has 2 saturated heterocycles. The molecule has 2 aliphatic rings. The highest BCUT2D eigenvalue weighted by Gasteiger charge is 2.34. The summed E-state index contributed by atoms with van der Waals surface area (Å²) in [6.45, 7) is 11.7. The zero-order valence-corrected chi connectivity index (χ0v) is 19.3. The number of ether oxygens (including phenoxy) is 1. The fraction of sp³-hybridized carbons (Fsp3) is 0.583. The molecule has 31 heavy (non-hydrogen) atoms. The topological polar surface area (TPSA) is 92.5 Å². The van der Waals surface area contributed by atoms with E-state index in [4.69, 9.17) is 15.6 Å². The molecule has 0 radical (unpaired) electrons. The van der Waals surface area contributed by atoms with E-state index < -0.39 is 0 Å². The van der Waals surface area contributed by atoms with Gasteiger partial charge in [0.25, 0.3) is 5.91 Å². The lowest BCUT2D eigenvalue weighted by atomic mass is 9.87. The summed E-state index contributed by atoms with van der Waals surface area (Å²) in [5.41, 5.74) is 4.95. The molecule has 0 spiro atoms. The van der Waals surface area contributed by atoms with Crippen molar-refractivity contribution in [2.24, 2.45) is 5.84 Å². The van der Waals surface area contributed by atoms with Crippen molar-refractivity contribution < 1.29 is 11.0 Å². The summed E-state index contributed by atoms with van der Waals surface area (Å²) in [6.07, 6.45) is 4.15. The van der Waals surface area contributed by atoms with Gasteiger partial charge >= 0.3 is 0 Å². The number of aromatic nitrogens is 1. The number of nitrogens with two attached hydrogens (primary N) is 1. The number of fused-ring (bicyclic) bond motifs is 1. The van der Waals surface area contributed by atoms with E-state index in [2.05, 4.69) is 22.6 Å². The lowest BCUT2D eigenvalue weighted by molar-refractivity contribution is 0.0662. The zero-order chi connectivity index (χ0) is 22.4. The first-order valence-corrected chi connectivity index (χ1v) is 11.5. The Balaban J connectivity index is 0.00000118. The van der Waals surface area contributed by atoms with Crippen LogP contribution in [0.2, 0.25) is 0 Å². The van der Waals surface area contributed by atoms with E-state index >= 15 is 0 Å². The number of hydrogen-bond donors (Lipinski definition) is 3. The average Bonchev–Trinajstić information content (AvgIpc) is 2.80. The number of nitrogens with one attached hydrogen (secondary N) is 2. The largest absolute Gasteiger partial charge is 0.381 e. The summed E-state index contributed by atoms with van der Waals surface area (Å²) in [7, 11) is 0. The van der Waals surface area contributed by atoms with Crippen LogP contribution >= 0.6 is 0 Å². The normalized spacial score (nSPS) is 18.9. The number of hydrazine groups is 1. The highest BCUT2D eigenvalue weighted by atomic mass is 16.5. The molecule has 4 N–H and O–H groups in total. The molecule has 0 bridgehead atoms. The molecule has 3 heterocycles. The molecular weight excluding hydrogens is 390 g/mol. The van der Waals surface area contributed by atoms with Gasteiger partial charge < -0.3 is 15.0 Å². The lowest BCUT2D eigenvalue weighted by Crippen LogP contribution is -2.56. The second-order valence-corrected chi connectivity index (χ2v) is 8.61. The van der Waals surface area contributed by atoms with E-state index in [9.17, 15) is 4.79 Å². The number of hydrogen-bond acceptors (Lipinski definition) is 6. The Kier molecular flexibility index (Phi) is 7.86. The van der Waals surface area contributed by atoms with Crippen LogP contribution in [0.25, 0.3) is 10.9 Å². The van der Waals surface area contributed by atoms with Crippen LogP contribution < -0.4 is 21.5 Å². The maximum atomic E-state index is 12.5. The SMILES string of the molecule is CC.Cc1ccc2nc(N3CCC(C)(NC4CCOCC4)CC3)c(C(=O)NN)cc2c1.[HH]. The summed E-state index contributed by atoms with van der Waals surface area (Å²) >= 11 is 0. The first-order chi connectivity index (χ1) is 15.0. The molecule has 1 aromatic carbocycles. The first-order valence-electron chi connectivity index (χ1n) is 11.5. The number of anilines is 1. The molecule has 7 nitrogen and oxygen atoms in total. The van der Waals surface area contributed by atoms with Crippen molar-refractivity contribution in [3.63, 3.8) is 0 Å². The molecule has 1 aromatic heterocycles. The second kappa shape index (κ2) is 10.4. The van der Waals surface area contributed by atoms with Crippen LogP contribution in [0.15, 0.2) is 24.3 Å². The highest BCUT2D eigenvalue weighted by molar-refractivity contribution is 6.02. The van der Waals surface area contributed by atoms with Gasteiger partial charge in [-0.1, -0.05) is 25.5 Å². The van der Waals surface area contributed by atoms with Crippen LogP contribution in [0.5, 0.6) is 0 Å². The fourth-order valence-electron chi connectivity index (χ4n) is 4.46. The van der Waals surface area contributed by atoms with Crippen LogP contribution in [-0.2, 0) is 4.74 Å². The molecule has 0 unspecified atom stereocenters. The third-order valence-corrected chi connectivity index (χ3v) is 6.27. The number of nitrogen functional groups attached to an aromatic ring is 1. The minimum atomic E-state index is -0.301. The van der Waals surface area contributed by atoms with Gasteiger partial charge in [0.2, 0.25) is 0 Å². The summed E-state index contributed by atoms with van der Waals surface area (Å²) in [6, 6.07) is 8.54. The van der Waals surface area contributed by atoms with E-state index in [1.165, 1.54) is 0 Å². The van der Waals surface area contributed by atoms with E-state index in [0.717, 1.165) is 74.3 Å². The molecule has 4 rings (SSSR count). The van der Waals surface area contributed by atoms with E-state index in [1.54, 1.807) is 0 Å². The summed E-state index contributed by atoms with van der Waals surface area (Å²) in [5, 5.41) is 4.82. The van der Waals surface area contributed by atoms with Crippen LogP contribution in [0, 0.1) is 6.92 Å². The van der Waals surface area contributed by atoms with Gasteiger partial charge in [0.15, 0.2) is 0 Å². The molecule has 0 saturated carbocycles. The van der Waals surface area contributed by atoms with Crippen molar-refractivity contribution in [2.45, 2.75) is 65.0 Å². The molecule has 0 aliphatic carbocycles. The van der Waals surface area contributed by atoms with Crippen molar-refractivity contribution in [3.8, 4) is 0 Å². The minimum absolute atomic E-state index is 0. The molecule has 1 amide bonds. The Hall–Kier alpha value is -2.22. The smallest absolute Gasteiger partial charge is 0.268 e. The van der Waals surface area contributed by atoms with Crippen molar-refractivity contribution in [2.75, 3.05) is 31.2 Å². The summed E-state index contributed by atoms with van der Waals surface area (Å²) in [5.74, 6) is 5.88. The molecule has 2 fully saturated rings. The Bertz CT molecular complexity index is 893. The Morgan fingerprint density at radius 2 is 1.90 bits per heavy atom. The van der Waals surface area contributed by atoms with Gasteiger partial charge in [-0.2, -0.15) is 0 Å². The van der Waals surface area contributed by atoms with E-state index in [0.29, 0.717) is 11.6 Å². The van der Waals surface area contributed by atoms with Crippen molar-refractivity contribution >= 4 is 22.6 Å². The fourth-order valence-corrected chi connectivity index (χ4v) is 4.46. The van der Waals surface area contributed by atoms with Gasteiger partial charge in [-0.25, -0.2) is 10.8 Å². The first kappa shape index (κ1) is 23.4. The van der Waals surface area contributed by atoms with E-state index in [-0.39, 0.29) is 12.9 Å². The van der Waals surface area contributed by atoms with E-state index in [1.807, 2.05) is 45.0 Å². The van der Waals surface area contributed by atoms with Crippen LogP contribution in [0.4, 0.5) is 5.82 Å². The number of benzene rings is 1. The number of pyridine rings is 1. The number of amides is 1.